The molecule has 2 nitrogen and oxygen atoms in total. The molecule has 4 rings (SSSR count). The number of aromatic nitrogens is 1. The number of hydrogen-bond acceptors (Lipinski definition) is 2. The Balaban J connectivity index is 1.81. The first-order valence-electron chi connectivity index (χ1n) is 10.0. The van der Waals surface area contributed by atoms with Crippen LogP contribution >= 0.6 is 0 Å². The maximum Gasteiger partial charge on any atom is 0.0780 e. The normalized spacial score (nSPS) is 19.9. The van der Waals surface area contributed by atoms with Gasteiger partial charge in [-0.15, -0.1) is 0 Å². The summed E-state index contributed by atoms with van der Waals surface area (Å²) in [6.45, 7) is 10.7. The molecule has 1 unspecified atom stereocenters. The fraction of sp³-hybridized carbons (Fsp3) is 0.400. The van der Waals surface area contributed by atoms with E-state index in [0.717, 1.165) is 31.7 Å². The second-order valence-corrected chi connectivity index (χ2v) is 8.76. The van der Waals surface area contributed by atoms with E-state index in [-0.39, 0.29) is 5.41 Å². The fourth-order valence-electron chi connectivity index (χ4n) is 4.22. The molecule has 0 radical (unpaired) electrons. The van der Waals surface area contributed by atoms with Crippen molar-refractivity contribution in [2.24, 2.45) is 5.92 Å². The molecule has 0 aliphatic carbocycles. The van der Waals surface area contributed by atoms with Crippen LogP contribution in [0.3, 0.4) is 0 Å². The zero-order valence-corrected chi connectivity index (χ0v) is 16.9. The SMILES string of the molecule is Cc1cc(-c2nccc3cc(CC(C)C)ccc23)cc(C2(C)CCOC2)c1. The van der Waals surface area contributed by atoms with Crippen LogP contribution in [0, 0.1) is 12.8 Å². The minimum atomic E-state index is 0.107. The van der Waals surface area contributed by atoms with Crippen LogP contribution in [0.4, 0.5) is 0 Å². The van der Waals surface area contributed by atoms with Gasteiger partial charge in [0.15, 0.2) is 0 Å². The fourth-order valence-corrected chi connectivity index (χ4v) is 4.22. The Hall–Kier alpha value is -2.19. The summed E-state index contributed by atoms with van der Waals surface area (Å²) in [6.07, 6.45) is 4.14. The summed E-state index contributed by atoms with van der Waals surface area (Å²) in [5.41, 5.74) is 6.44. The topological polar surface area (TPSA) is 22.1 Å². The van der Waals surface area contributed by atoms with Crippen LogP contribution in [0.2, 0.25) is 0 Å². The van der Waals surface area contributed by atoms with Gasteiger partial charge in [-0.3, -0.25) is 4.98 Å². The standard InChI is InChI=1S/C25H29NO/c1-17(2)11-19-5-6-23-20(14-19)7-9-26-24(23)21-12-18(3)13-22(15-21)25(4)8-10-27-16-25/h5-7,9,12-15,17H,8,10-11,16H2,1-4H3. The van der Waals surface area contributed by atoms with Crippen molar-refractivity contribution in [3.05, 3.63) is 65.4 Å². The maximum atomic E-state index is 5.70. The van der Waals surface area contributed by atoms with Crippen LogP contribution in [0.15, 0.2) is 48.7 Å². The Morgan fingerprint density at radius 2 is 1.96 bits per heavy atom. The van der Waals surface area contributed by atoms with Crippen LogP contribution in [0.1, 0.15) is 43.9 Å². The van der Waals surface area contributed by atoms with Gasteiger partial charge in [-0.1, -0.05) is 50.6 Å². The van der Waals surface area contributed by atoms with Gasteiger partial charge in [0.05, 0.1) is 12.3 Å². The zero-order chi connectivity index (χ0) is 19.0. The summed E-state index contributed by atoms with van der Waals surface area (Å²) in [5, 5.41) is 2.51. The molecular formula is C25H29NO. The summed E-state index contributed by atoms with van der Waals surface area (Å²) in [7, 11) is 0. The highest BCUT2D eigenvalue weighted by Crippen LogP contribution is 2.36. The van der Waals surface area contributed by atoms with Crippen molar-refractivity contribution in [2.75, 3.05) is 13.2 Å². The van der Waals surface area contributed by atoms with Gasteiger partial charge in [-0.25, -0.2) is 0 Å². The van der Waals surface area contributed by atoms with Crippen molar-refractivity contribution < 1.29 is 4.74 Å². The number of aryl methyl sites for hydroxylation is 1. The highest BCUT2D eigenvalue weighted by Gasteiger charge is 2.32. The quantitative estimate of drug-likeness (QED) is 0.562. The molecule has 0 saturated carbocycles. The van der Waals surface area contributed by atoms with Gasteiger partial charge in [-0.05, 0) is 60.4 Å². The molecule has 1 atom stereocenters. The van der Waals surface area contributed by atoms with E-state index in [1.807, 2.05) is 6.20 Å². The first kappa shape index (κ1) is 18.2. The molecule has 2 aromatic carbocycles. The lowest BCUT2D eigenvalue weighted by Gasteiger charge is -2.24. The third-order valence-corrected chi connectivity index (χ3v) is 5.74. The van der Waals surface area contributed by atoms with Crippen LogP contribution in [-0.2, 0) is 16.6 Å². The molecule has 0 amide bonds. The van der Waals surface area contributed by atoms with Crippen molar-refractivity contribution in [1.82, 2.24) is 4.98 Å². The predicted molar refractivity (Wildman–Crippen MR) is 113 cm³/mol. The molecule has 3 aromatic rings. The second-order valence-electron chi connectivity index (χ2n) is 8.76. The van der Waals surface area contributed by atoms with Crippen LogP contribution < -0.4 is 0 Å². The Kier molecular flexibility index (Phi) is 4.77. The van der Waals surface area contributed by atoms with Gasteiger partial charge in [-0.2, -0.15) is 0 Å². The van der Waals surface area contributed by atoms with E-state index >= 15 is 0 Å². The molecule has 1 aliphatic heterocycles. The lowest BCUT2D eigenvalue weighted by atomic mass is 9.80. The Bertz CT molecular complexity index is 967. The monoisotopic (exact) mass is 359 g/mol. The Morgan fingerprint density at radius 1 is 1.11 bits per heavy atom. The smallest absolute Gasteiger partial charge is 0.0780 e. The maximum absolute atomic E-state index is 5.70. The summed E-state index contributed by atoms with van der Waals surface area (Å²) in [6, 6.07) is 15.9. The highest BCUT2D eigenvalue weighted by atomic mass is 16.5. The van der Waals surface area contributed by atoms with Gasteiger partial charge in [0.25, 0.3) is 0 Å². The van der Waals surface area contributed by atoms with Gasteiger partial charge in [0, 0.05) is 29.2 Å². The van der Waals surface area contributed by atoms with Crippen molar-refractivity contribution in [3.8, 4) is 11.3 Å². The third-order valence-electron chi connectivity index (χ3n) is 5.74. The molecule has 2 heteroatoms. The lowest BCUT2D eigenvalue weighted by molar-refractivity contribution is 0.181. The lowest BCUT2D eigenvalue weighted by Crippen LogP contribution is -2.21. The average molecular weight is 360 g/mol. The molecule has 140 valence electrons. The number of hydrogen-bond donors (Lipinski definition) is 0. The summed E-state index contributed by atoms with van der Waals surface area (Å²) < 4.78 is 5.70. The first-order valence-corrected chi connectivity index (χ1v) is 10.0. The number of fused-ring (bicyclic) bond motifs is 1. The molecular weight excluding hydrogens is 330 g/mol. The van der Waals surface area contributed by atoms with E-state index in [0.29, 0.717) is 5.92 Å². The van der Waals surface area contributed by atoms with Gasteiger partial charge in [0.1, 0.15) is 0 Å². The highest BCUT2D eigenvalue weighted by molar-refractivity contribution is 5.95. The van der Waals surface area contributed by atoms with E-state index < -0.39 is 0 Å². The van der Waals surface area contributed by atoms with Crippen LogP contribution in [0.5, 0.6) is 0 Å². The average Bonchev–Trinajstić information content (AvgIpc) is 3.08. The van der Waals surface area contributed by atoms with Crippen molar-refractivity contribution in [2.45, 2.75) is 46.0 Å². The predicted octanol–water partition coefficient (Wildman–Crippen LogP) is 6.09. The summed E-state index contributed by atoms with van der Waals surface area (Å²) in [4.78, 5) is 4.77. The van der Waals surface area contributed by atoms with E-state index in [9.17, 15) is 0 Å². The van der Waals surface area contributed by atoms with Crippen molar-refractivity contribution in [3.63, 3.8) is 0 Å². The molecule has 1 aliphatic rings. The number of pyridine rings is 1. The number of rotatable bonds is 4. The molecule has 0 bridgehead atoms. The number of benzene rings is 2. The first-order chi connectivity index (χ1) is 12.9. The van der Waals surface area contributed by atoms with E-state index in [4.69, 9.17) is 9.72 Å². The largest absolute Gasteiger partial charge is 0.381 e. The molecule has 0 N–H and O–H groups in total. The number of nitrogens with zero attached hydrogens (tertiary/aromatic N) is 1. The van der Waals surface area contributed by atoms with Gasteiger partial charge >= 0.3 is 0 Å². The zero-order valence-electron chi connectivity index (χ0n) is 16.9. The van der Waals surface area contributed by atoms with Crippen molar-refractivity contribution >= 4 is 10.8 Å². The summed E-state index contributed by atoms with van der Waals surface area (Å²) in [5.74, 6) is 0.664. The van der Waals surface area contributed by atoms with Crippen LogP contribution in [0.25, 0.3) is 22.0 Å². The molecule has 27 heavy (non-hydrogen) atoms. The Morgan fingerprint density at radius 3 is 2.70 bits per heavy atom. The molecule has 0 spiro atoms. The van der Waals surface area contributed by atoms with Crippen molar-refractivity contribution in [1.29, 1.82) is 0 Å². The minimum absolute atomic E-state index is 0.107. The van der Waals surface area contributed by atoms with Gasteiger partial charge < -0.3 is 4.74 Å². The van der Waals surface area contributed by atoms with Crippen LogP contribution in [-0.4, -0.2) is 18.2 Å². The van der Waals surface area contributed by atoms with E-state index in [1.165, 1.54) is 33.0 Å². The third kappa shape index (κ3) is 3.64. The van der Waals surface area contributed by atoms with Gasteiger partial charge in [0.2, 0.25) is 0 Å². The summed E-state index contributed by atoms with van der Waals surface area (Å²) >= 11 is 0. The van der Waals surface area contributed by atoms with E-state index in [2.05, 4.69) is 70.2 Å². The second kappa shape index (κ2) is 7.09. The molecule has 1 saturated heterocycles. The van der Waals surface area contributed by atoms with E-state index in [1.54, 1.807) is 0 Å². The molecule has 1 aromatic heterocycles. The minimum Gasteiger partial charge on any atom is -0.381 e. The molecule has 2 heterocycles. The Labute approximate surface area is 162 Å². The number of ether oxygens (including phenoxy) is 1. The molecule has 1 fully saturated rings.